The van der Waals surface area contributed by atoms with Crippen LogP contribution in [0, 0.1) is 0 Å². The van der Waals surface area contributed by atoms with Crippen LogP contribution >= 0.6 is 11.8 Å². The van der Waals surface area contributed by atoms with E-state index in [1.165, 1.54) is 0 Å². The van der Waals surface area contributed by atoms with Gasteiger partial charge in [0, 0.05) is 15.4 Å². The van der Waals surface area contributed by atoms with Crippen molar-refractivity contribution >= 4 is 22.2 Å². The van der Waals surface area contributed by atoms with Crippen LogP contribution in [0.15, 0.2) is 102 Å². The van der Waals surface area contributed by atoms with E-state index in [4.69, 9.17) is 18.9 Å². The van der Waals surface area contributed by atoms with E-state index in [1.54, 1.807) is 40.2 Å². The monoisotopic (exact) mass is 484 g/mol. The van der Waals surface area contributed by atoms with Gasteiger partial charge in [-0.2, -0.15) is 0 Å². The number of ether oxygens (including phenoxy) is 4. The second kappa shape index (κ2) is 11.5. The molecule has 0 N–H and O–H groups in total. The van der Waals surface area contributed by atoms with Crippen molar-refractivity contribution < 1.29 is 18.9 Å². The molecule has 0 bridgehead atoms. The lowest BCUT2D eigenvalue weighted by molar-refractivity contribution is 0.414. The summed E-state index contributed by atoms with van der Waals surface area (Å²) in [7, 11) is 6.71. The molecule has 0 amide bonds. The van der Waals surface area contributed by atoms with Gasteiger partial charge in [0.25, 0.3) is 0 Å². The number of benzene rings is 4. The lowest BCUT2D eigenvalue weighted by atomic mass is 9.95. The van der Waals surface area contributed by atoms with Crippen molar-refractivity contribution in [1.82, 2.24) is 0 Å². The minimum absolute atomic E-state index is 0.816. The third-order valence-electron chi connectivity index (χ3n) is 5.62. The molecule has 178 valence electrons. The van der Waals surface area contributed by atoms with Crippen LogP contribution in [-0.4, -0.2) is 28.4 Å². The standard InChI is InChI=1S/C30H28O4S/c1-31-24-11-5-21(6-12-24)29(22-7-13-25(32-2)14-8-22)30(23-9-15-26(33-3)16-10-23)35-28-19-17-27(34-4)18-20-28/h5-20H,1-4H3. The average Bonchev–Trinajstić information content (AvgIpc) is 2.94. The molecule has 0 radical (unpaired) electrons. The highest BCUT2D eigenvalue weighted by atomic mass is 32.2. The van der Waals surface area contributed by atoms with Crippen molar-refractivity contribution in [3.05, 3.63) is 114 Å². The van der Waals surface area contributed by atoms with Crippen LogP contribution in [0.4, 0.5) is 0 Å². The highest BCUT2D eigenvalue weighted by molar-refractivity contribution is 8.08. The van der Waals surface area contributed by atoms with Gasteiger partial charge < -0.3 is 18.9 Å². The summed E-state index contributed by atoms with van der Waals surface area (Å²) in [6.45, 7) is 0. The summed E-state index contributed by atoms with van der Waals surface area (Å²) in [5.41, 5.74) is 4.38. The van der Waals surface area contributed by atoms with Crippen LogP contribution in [0.1, 0.15) is 16.7 Å². The topological polar surface area (TPSA) is 36.9 Å². The van der Waals surface area contributed by atoms with Gasteiger partial charge in [0.1, 0.15) is 23.0 Å². The Morgan fingerprint density at radius 1 is 0.429 bits per heavy atom. The van der Waals surface area contributed by atoms with E-state index >= 15 is 0 Å². The van der Waals surface area contributed by atoms with Gasteiger partial charge in [-0.15, -0.1) is 0 Å². The van der Waals surface area contributed by atoms with Crippen LogP contribution < -0.4 is 18.9 Å². The first-order chi connectivity index (χ1) is 17.1. The Morgan fingerprint density at radius 3 is 1.09 bits per heavy atom. The largest absolute Gasteiger partial charge is 0.497 e. The van der Waals surface area contributed by atoms with Crippen molar-refractivity contribution in [1.29, 1.82) is 0 Å². The molecule has 4 aromatic carbocycles. The molecular formula is C30H28O4S. The second-order valence-corrected chi connectivity index (χ2v) is 8.75. The zero-order valence-electron chi connectivity index (χ0n) is 20.3. The van der Waals surface area contributed by atoms with Crippen molar-refractivity contribution in [2.45, 2.75) is 4.90 Å². The van der Waals surface area contributed by atoms with Gasteiger partial charge in [0.15, 0.2) is 0 Å². The Bertz CT molecular complexity index is 1210. The zero-order chi connectivity index (χ0) is 24.6. The summed E-state index contributed by atoms with van der Waals surface area (Å²) in [5, 5.41) is 0. The van der Waals surface area contributed by atoms with E-state index in [0.29, 0.717) is 0 Å². The molecule has 0 atom stereocenters. The summed E-state index contributed by atoms with van der Waals surface area (Å²) in [6, 6.07) is 32.6. The predicted octanol–water partition coefficient (Wildman–Crippen LogP) is 7.43. The fourth-order valence-corrected chi connectivity index (χ4v) is 4.80. The van der Waals surface area contributed by atoms with E-state index < -0.39 is 0 Å². The maximum absolute atomic E-state index is 5.41. The van der Waals surface area contributed by atoms with E-state index in [2.05, 4.69) is 48.5 Å². The number of rotatable bonds is 9. The Morgan fingerprint density at radius 2 is 0.743 bits per heavy atom. The van der Waals surface area contributed by atoms with Crippen molar-refractivity contribution in [3.63, 3.8) is 0 Å². The van der Waals surface area contributed by atoms with E-state index in [-0.39, 0.29) is 0 Å². The van der Waals surface area contributed by atoms with Gasteiger partial charge in [0.2, 0.25) is 0 Å². The Hall–Kier alpha value is -3.83. The first kappa shape index (κ1) is 24.3. The molecule has 5 heteroatoms. The molecule has 35 heavy (non-hydrogen) atoms. The van der Waals surface area contributed by atoms with Crippen LogP contribution in [0.5, 0.6) is 23.0 Å². The molecule has 0 aromatic heterocycles. The third kappa shape index (κ3) is 5.81. The normalized spacial score (nSPS) is 10.4. The molecule has 4 aromatic rings. The first-order valence-electron chi connectivity index (χ1n) is 11.1. The quantitative estimate of drug-likeness (QED) is 0.182. The van der Waals surface area contributed by atoms with Gasteiger partial charge >= 0.3 is 0 Å². The lowest BCUT2D eigenvalue weighted by Crippen LogP contribution is -1.95. The highest BCUT2D eigenvalue weighted by Gasteiger charge is 2.17. The average molecular weight is 485 g/mol. The molecule has 0 aliphatic carbocycles. The molecule has 4 rings (SSSR count). The van der Waals surface area contributed by atoms with Crippen LogP contribution in [-0.2, 0) is 0 Å². The van der Waals surface area contributed by atoms with Gasteiger partial charge in [-0.25, -0.2) is 0 Å². The zero-order valence-corrected chi connectivity index (χ0v) is 21.1. The second-order valence-electron chi connectivity index (χ2n) is 7.67. The molecular weight excluding hydrogens is 456 g/mol. The lowest BCUT2D eigenvalue weighted by Gasteiger charge is -2.18. The molecule has 0 heterocycles. The molecule has 4 nitrogen and oxygen atoms in total. The fourth-order valence-electron chi connectivity index (χ4n) is 3.70. The summed E-state index contributed by atoms with van der Waals surface area (Å²) in [4.78, 5) is 2.23. The van der Waals surface area contributed by atoms with Crippen molar-refractivity contribution in [2.24, 2.45) is 0 Å². The summed E-state index contributed by atoms with van der Waals surface area (Å²) < 4.78 is 21.6. The molecule has 0 fully saturated rings. The van der Waals surface area contributed by atoms with Gasteiger partial charge in [-0.1, -0.05) is 48.2 Å². The van der Waals surface area contributed by atoms with Gasteiger partial charge in [-0.05, 0) is 77.4 Å². The molecule has 0 aliphatic rings. The van der Waals surface area contributed by atoms with E-state index in [9.17, 15) is 0 Å². The number of thioether (sulfide) groups is 1. The summed E-state index contributed by atoms with van der Waals surface area (Å²) >= 11 is 1.71. The molecule has 0 unspecified atom stereocenters. The summed E-state index contributed by atoms with van der Waals surface area (Å²) in [5.74, 6) is 3.28. The predicted molar refractivity (Wildman–Crippen MR) is 144 cm³/mol. The number of hydrogen-bond donors (Lipinski definition) is 0. The SMILES string of the molecule is COc1ccc(SC(=C(c2ccc(OC)cc2)c2ccc(OC)cc2)c2ccc(OC)cc2)cc1. The van der Waals surface area contributed by atoms with E-state index in [0.717, 1.165) is 55.1 Å². The minimum Gasteiger partial charge on any atom is -0.497 e. The maximum atomic E-state index is 5.41. The Labute approximate surface area is 211 Å². The maximum Gasteiger partial charge on any atom is 0.118 e. The highest BCUT2D eigenvalue weighted by Crippen LogP contribution is 2.44. The Kier molecular flexibility index (Phi) is 8.01. The molecule has 0 aliphatic heterocycles. The molecule has 0 saturated carbocycles. The van der Waals surface area contributed by atoms with Gasteiger partial charge in [-0.3, -0.25) is 0 Å². The summed E-state index contributed by atoms with van der Waals surface area (Å²) in [6.07, 6.45) is 0. The van der Waals surface area contributed by atoms with Crippen molar-refractivity contribution in [3.8, 4) is 23.0 Å². The molecule has 0 spiro atoms. The molecule has 0 saturated heterocycles. The smallest absolute Gasteiger partial charge is 0.118 e. The Balaban J connectivity index is 1.94. The van der Waals surface area contributed by atoms with E-state index in [1.807, 2.05) is 48.5 Å². The minimum atomic E-state index is 0.816. The number of hydrogen-bond acceptors (Lipinski definition) is 5. The van der Waals surface area contributed by atoms with Crippen LogP contribution in [0.3, 0.4) is 0 Å². The van der Waals surface area contributed by atoms with Crippen LogP contribution in [0.2, 0.25) is 0 Å². The number of methoxy groups -OCH3 is 4. The van der Waals surface area contributed by atoms with Gasteiger partial charge in [0.05, 0.1) is 28.4 Å². The van der Waals surface area contributed by atoms with Crippen molar-refractivity contribution in [2.75, 3.05) is 28.4 Å². The fraction of sp³-hybridized carbons (Fsp3) is 0.133. The first-order valence-corrected chi connectivity index (χ1v) is 12.0. The third-order valence-corrected chi connectivity index (χ3v) is 6.77. The van der Waals surface area contributed by atoms with Crippen LogP contribution in [0.25, 0.3) is 10.5 Å².